The Kier molecular flexibility index (Phi) is 4.42. The van der Waals surface area contributed by atoms with Gasteiger partial charge in [0.05, 0.1) is 11.6 Å². The van der Waals surface area contributed by atoms with Crippen molar-refractivity contribution in [1.29, 1.82) is 0 Å². The van der Waals surface area contributed by atoms with E-state index in [0.29, 0.717) is 17.8 Å². The lowest BCUT2D eigenvalue weighted by molar-refractivity contribution is -0.171. The second-order valence-electron chi connectivity index (χ2n) is 7.42. The Morgan fingerprint density at radius 3 is 2.22 bits per heavy atom. The van der Waals surface area contributed by atoms with Crippen molar-refractivity contribution in [3.63, 3.8) is 0 Å². The van der Waals surface area contributed by atoms with Crippen LogP contribution in [0.2, 0.25) is 0 Å². The van der Waals surface area contributed by atoms with Gasteiger partial charge in [0, 0.05) is 0 Å². The number of carbonyl (C=O) groups is 1. The maximum absolute atomic E-state index is 12.6. The van der Waals surface area contributed by atoms with Gasteiger partial charge >= 0.3 is 5.97 Å². The second-order valence-corrected chi connectivity index (χ2v) is 7.42. The molecule has 4 nitrogen and oxygen atoms in total. The molecule has 0 radical (unpaired) electrons. The van der Waals surface area contributed by atoms with E-state index in [1.807, 2.05) is 13.0 Å². The first-order chi connectivity index (χ1) is 11.0. The topological polar surface area (TPSA) is 58.9 Å². The van der Waals surface area contributed by atoms with Crippen LogP contribution in [0.5, 0.6) is 0 Å². The Morgan fingerprint density at radius 2 is 1.74 bits per heavy atom. The van der Waals surface area contributed by atoms with Crippen molar-refractivity contribution in [3.8, 4) is 0 Å². The largest absolute Gasteiger partial charge is 0.509 e. The lowest BCUT2D eigenvalue weighted by Crippen LogP contribution is -2.50. The molecular weight excluding hydrogens is 290 g/mol. The quantitative estimate of drug-likeness (QED) is 0.270. The summed E-state index contributed by atoms with van der Waals surface area (Å²) in [6, 6.07) is 0. The fourth-order valence-electron chi connectivity index (χ4n) is 5.00. The summed E-state index contributed by atoms with van der Waals surface area (Å²) in [5, 5.41) is 12.9. The Morgan fingerprint density at radius 1 is 1.17 bits per heavy atom. The third-order valence-corrected chi connectivity index (χ3v) is 5.61. The predicted octanol–water partition coefficient (Wildman–Crippen LogP) is 4.31. The maximum atomic E-state index is 12.6. The SMILES string of the molecule is C=C(O)\C=C/C(/C=N/OC(=O)C12CC3CC(CC(C3)C1)C2)=C\C. The van der Waals surface area contributed by atoms with E-state index in [0.717, 1.165) is 24.8 Å². The zero-order valence-corrected chi connectivity index (χ0v) is 13.7. The standard InChI is InChI=1S/C19H25NO3/c1-3-14(5-4-13(2)21)12-20-23-18(22)19-9-15-6-16(10-19)8-17(7-15)11-19/h3-5,12,15-17,21H,2,6-11H2,1H3/b5-4-,14-3+,20-12+. The number of hydrogen-bond donors (Lipinski definition) is 1. The molecule has 124 valence electrons. The molecule has 4 aliphatic rings. The summed E-state index contributed by atoms with van der Waals surface area (Å²) in [6.07, 6.45) is 13.3. The highest BCUT2D eigenvalue weighted by atomic mass is 16.7. The fourth-order valence-corrected chi connectivity index (χ4v) is 5.00. The molecule has 4 aliphatic carbocycles. The van der Waals surface area contributed by atoms with E-state index in [4.69, 9.17) is 9.94 Å². The van der Waals surface area contributed by atoms with E-state index in [-0.39, 0.29) is 17.1 Å². The third kappa shape index (κ3) is 3.41. The van der Waals surface area contributed by atoms with Crippen molar-refractivity contribution in [1.82, 2.24) is 0 Å². The van der Waals surface area contributed by atoms with Gasteiger partial charge < -0.3 is 9.94 Å². The molecule has 0 atom stereocenters. The monoisotopic (exact) mass is 315 g/mol. The van der Waals surface area contributed by atoms with E-state index in [1.54, 1.807) is 6.08 Å². The number of allylic oxidation sites excluding steroid dienone is 4. The van der Waals surface area contributed by atoms with E-state index in [2.05, 4.69) is 11.7 Å². The first-order valence-corrected chi connectivity index (χ1v) is 8.48. The van der Waals surface area contributed by atoms with Crippen LogP contribution in [0, 0.1) is 23.2 Å². The van der Waals surface area contributed by atoms with Crippen molar-refractivity contribution in [3.05, 3.63) is 36.1 Å². The number of nitrogens with zero attached hydrogens (tertiary/aromatic N) is 1. The zero-order chi connectivity index (χ0) is 16.4. The first kappa shape index (κ1) is 16.0. The van der Waals surface area contributed by atoms with Crippen molar-refractivity contribution in [2.45, 2.75) is 45.4 Å². The van der Waals surface area contributed by atoms with Crippen LogP contribution in [0.1, 0.15) is 45.4 Å². The highest BCUT2D eigenvalue weighted by Crippen LogP contribution is 2.60. The van der Waals surface area contributed by atoms with E-state index >= 15 is 0 Å². The summed E-state index contributed by atoms with van der Waals surface area (Å²) in [5.74, 6) is 1.95. The van der Waals surface area contributed by atoms with Gasteiger partial charge in [-0.25, -0.2) is 4.79 Å². The molecular formula is C19H25NO3. The minimum Gasteiger partial charge on any atom is -0.509 e. The minimum absolute atomic E-state index is 0.0247. The van der Waals surface area contributed by atoms with Crippen LogP contribution in [-0.2, 0) is 9.63 Å². The highest BCUT2D eigenvalue weighted by molar-refractivity contribution is 5.83. The molecule has 0 aliphatic heterocycles. The molecule has 4 heteroatoms. The molecule has 0 spiro atoms. The highest BCUT2D eigenvalue weighted by Gasteiger charge is 2.55. The lowest BCUT2D eigenvalue weighted by Gasteiger charge is -2.54. The van der Waals surface area contributed by atoms with Crippen molar-refractivity contribution < 1.29 is 14.7 Å². The van der Waals surface area contributed by atoms with Gasteiger partial charge in [-0.05, 0) is 80.9 Å². The number of oxime groups is 1. The molecule has 4 fully saturated rings. The summed E-state index contributed by atoms with van der Waals surface area (Å²) in [7, 11) is 0. The van der Waals surface area contributed by atoms with Crippen LogP contribution in [0.25, 0.3) is 0 Å². The number of rotatable bonds is 5. The van der Waals surface area contributed by atoms with Crippen molar-refractivity contribution in [2.24, 2.45) is 28.3 Å². The molecule has 23 heavy (non-hydrogen) atoms. The van der Waals surface area contributed by atoms with Crippen LogP contribution < -0.4 is 0 Å². The average Bonchev–Trinajstić information content (AvgIpc) is 2.48. The molecule has 0 heterocycles. The van der Waals surface area contributed by atoms with Crippen LogP contribution in [0.3, 0.4) is 0 Å². The third-order valence-electron chi connectivity index (χ3n) is 5.61. The minimum atomic E-state index is -0.280. The molecule has 4 saturated carbocycles. The maximum Gasteiger partial charge on any atom is 0.341 e. The zero-order valence-electron chi connectivity index (χ0n) is 13.7. The summed E-state index contributed by atoms with van der Waals surface area (Å²) >= 11 is 0. The van der Waals surface area contributed by atoms with Crippen LogP contribution in [0.4, 0.5) is 0 Å². The summed E-state index contributed by atoms with van der Waals surface area (Å²) < 4.78 is 0. The fraction of sp³-hybridized carbons (Fsp3) is 0.579. The Hall–Kier alpha value is -1.84. The second kappa shape index (κ2) is 6.34. The molecule has 4 bridgehead atoms. The molecule has 0 unspecified atom stereocenters. The Balaban J connectivity index is 1.61. The van der Waals surface area contributed by atoms with Crippen LogP contribution >= 0.6 is 0 Å². The number of hydrogen-bond acceptors (Lipinski definition) is 4. The molecule has 0 saturated heterocycles. The van der Waals surface area contributed by atoms with Gasteiger partial charge in [0.1, 0.15) is 5.76 Å². The first-order valence-electron chi connectivity index (χ1n) is 8.48. The molecule has 1 N–H and O–H groups in total. The van der Waals surface area contributed by atoms with Crippen molar-refractivity contribution >= 4 is 12.2 Å². The molecule has 0 aromatic rings. The van der Waals surface area contributed by atoms with Gasteiger partial charge in [-0.3, -0.25) is 0 Å². The predicted molar refractivity (Wildman–Crippen MR) is 89.9 cm³/mol. The normalized spacial score (nSPS) is 36.0. The van der Waals surface area contributed by atoms with Crippen LogP contribution in [-0.4, -0.2) is 17.3 Å². The summed E-state index contributed by atoms with van der Waals surface area (Å²) in [6.45, 7) is 5.24. The van der Waals surface area contributed by atoms with Gasteiger partial charge in [0.2, 0.25) is 0 Å². The van der Waals surface area contributed by atoms with Gasteiger partial charge in [-0.2, -0.15) is 0 Å². The lowest BCUT2D eigenvalue weighted by atomic mass is 9.49. The smallest absolute Gasteiger partial charge is 0.341 e. The van der Waals surface area contributed by atoms with Crippen LogP contribution in [0.15, 0.2) is 41.3 Å². The number of aliphatic hydroxyl groups excluding tert-OH is 1. The molecule has 0 aromatic carbocycles. The summed E-state index contributed by atoms with van der Waals surface area (Å²) in [5.41, 5.74) is 0.468. The van der Waals surface area contributed by atoms with E-state index in [1.165, 1.54) is 31.6 Å². The Labute approximate surface area is 137 Å². The average molecular weight is 315 g/mol. The molecule has 0 aromatic heterocycles. The van der Waals surface area contributed by atoms with Gasteiger partial charge in [0.15, 0.2) is 0 Å². The van der Waals surface area contributed by atoms with Gasteiger partial charge in [-0.1, -0.05) is 17.8 Å². The molecule has 4 rings (SSSR count). The van der Waals surface area contributed by atoms with Gasteiger partial charge in [-0.15, -0.1) is 0 Å². The number of carbonyl (C=O) groups excluding carboxylic acids is 1. The van der Waals surface area contributed by atoms with Gasteiger partial charge in [0.25, 0.3) is 0 Å². The Bertz CT molecular complexity index is 550. The van der Waals surface area contributed by atoms with E-state index in [9.17, 15) is 4.79 Å². The number of aliphatic hydroxyl groups is 1. The van der Waals surface area contributed by atoms with Crippen molar-refractivity contribution in [2.75, 3.05) is 0 Å². The summed E-state index contributed by atoms with van der Waals surface area (Å²) in [4.78, 5) is 17.8. The molecule has 0 amide bonds. The van der Waals surface area contributed by atoms with E-state index < -0.39 is 0 Å².